The maximum Gasteiger partial charge on any atom is 0.161 e. The fourth-order valence-corrected chi connectivity index (χ4v) is 2.01. The molecule has 0 heterocycles. The van der Waals surface area contributed by atoms with Gasteiger partial charge < -0.3 is 14.8 Å². The summed E-state index contributed by atoms with van der Waals surface area (Å²) in [7, 11) is 1.67. The molecule has 21 heavy (non-hydrogen) atoms. The zero-order valence-corrected chi connectivity index (χ0v) is 14.5. The molecule has 1 aromatic rings. The van der Waals surface area contributed by atoms with Crippen molar-refractivity contribution in [3.8, 4) is 11.5 Å². The van der Waals surface area contributed by atoms with Crippen LogP contribution in [0.25, 0.3) is 0 Å². The minimum Gasteiger partial charge on any atom is -0.493 e. The first-order valence-electron chi connectivity index (χ1n) is 7.80. The summed E-state index contributed by atoms with van der Waals surface area (Å²) in [6.45, 7) is 12.9. The quantitative estimate of drug-likeness (QED) is 0.776. The van der Waals surface area contributed by atoms with Gasteiger partial charge >= 0.3 is 0 Å². The molecule has 1 rings (SSSR count). The van der Waals surface area contributed by atoms with Crippen LogP contribution in [0.5, 0.6) is 11.5 Å². The highest BCUT2D eigenvalue weighted by molar-refractivity contribution is 5.39. The predicted octanol–water partition coefficient (Wildman–Crippen LogP) is 4.27. The number of nitrogens with one attached hydrogen (secondary N) is 1. The standard InChI is InChI=1S/C18H31NO2/c1-7-18(5,14-19-17(2,3)4)12-13-21-16-11-9-8-10-15(16)20-6/h8-11,19H,7,12-14H2,1-6H3. The summed E-state index contributed by atoms with van der Waals surface area (Å²) in [6.07, 6.45) is 2.15. The minimum atomic E-state index is 0.153. The lowest BCUT2D eigenvalue weighted by molar-refractivity contribution is 0.183. The van der Waals surface area contributed by atoms with Gasteiger partial charge in [0.2, 0.25) is 0 Å². The Labute approximate surface area is 130 Å². The van der Waals surface area contributed by atoms with Gasteiger partial charge in [0, 0.05) is 12.1 Å². The Morgan fingerprint density at radius 3 is 2.19 bits per heavy atom. The van der Waals surface area contributed by atoms with Crippen LogP contribution in [0.3, 0.4) is 0 Å². The summed E-state index contributed by atoms with van der Waals surface area (Å²) in [5.41, 5.74) is 0.398. The van der Waals surface area contributed by atoms with Gasteiger partial charge in [0.15, 0.2) is 11.5 Å². The molecule has 0 aliphatic rings. The molecule has 1 N–H and O–H groups in total. The van der Waals surface area contributed by atoms with Crippen LogP contribution >= 0.6 is 0 Å². The second-order valence-electron chi connectivity index (χ2n) is 7.02. The SMILES string of the molecule is CCC(C)(CCOc1ccccc1OC)CNC(C)(C)C. The molecule has 0 bridgehead atoms. The van der Waals surface area contributed by atoms with Gasteiger partial charge in [-0.15, -0.1) is 0 Å². The van der Waals surface area contributed by atoms with Crippen molar-refractivity contribution in [1.82, 2.24) is 5.32 Å². The number of benzene rings is 1. The molecule has 0 aliphatic carbocycles. The first-order chi connectivity index (χ1) is 9.79. The van der Waals surface area contributed by atoms with Crippen molar-refractivity contribution in [2.45, 2.75) is 53.0 Å². The van der Waals surface area contributed by atoms with E-state index in [2.05, 4.69) is 39.9 Å². The Kier molecular flexibility index (Phi) is 6.53. The molecule has 0 fully saturated rings. The maximum atomic E-state index is 5.90. The molecule has 3 nitrogen and oxygen atoms in total. The van der Waals surface area contributed by atoms with E-state index in [-0.39, 0.29) is 11.0 Å². The first kappa shape index (κ1) is 17.8. The van der Waals surface area contributed by atoms with Crippen molar-refractivity contribution >= 4 is 0 Å². The molecule has 0 radical (unpaired) electrons. The topological polar surface area (TPSA) is 30.5 Å². The van der Waals surface area contributed by atoms with Crippen LogP contribution in [0.4, 0.5) is 0 Å². The van der Waals surface area contributed by atoms with Gasteiger partial charge in [0.05, 0.1) is 13.7 Å². The second-order valence-corrected chi connectivity index (χ2v) is 7.02. The Morgan fingerprint density at radius 2 is 1.67 bits per heavy atom. The van der Waals surface area contributed by atoms with Crippen molar-refractivity contribution in [2.24, 2.45) is 5.41 Å². The van der Waals surface area contributed by atoms with Gasteiger partial charge in [-0.1, -0.05) is 26.0 Å². The molecule has 0 spiro atoms. The highest BCUT2D eigenvalue weighted by Gasteiger charge is 2.24. The van der Waals surface area contributed by atoms with Crippen LogP contribution in [0.2, 0.25) is 0 Å². The van der Waals surface area contributed by atoms with Crippen LogP contribution in [-0.4, -0.2) is 25.8 Å². The largest absolute Gasteiger partial charge is 0.493 e. The number of para-hydroxylation sites is 2. The summed E-state index contributed by atoms with van der Waals surface area (Å²) in [4.78, 5) is 0. The van der Waals surface area contributed by atoms with E-state index >= 15 is 0 Å². The third kappa shape index (κ3) is 6.38. The lowest BCUT2D eigenvalue weighted by Gasteiger charge is -2.33. The van der Waals surface area contributed by atoms with E-state index in [0.717, 1.165) is 30.9 Å². The molecule has 0 saturated heterocycles. The van der Waals surface area contributed by atoms with Gasteiger partial charge in [-0.25, -0.2) is 0 Å². The van der Waals surface area contributed by atoms with Crippen LogP contribution in [0, 0.1) is 5.41 Å². The highest BCUT2D eigenvalue weighted by Crippen LogP contribution is 2.29. The van der Waals surface area contributed by atoms with Crippen molar-refractivity contribution in [3.05, 3.63) is 24.3 Å². The third-order valence-electron chi connectivity index (χ3n) is 3.93. The van der Waals surface area contributed by atoms with Crippen molar-refractivity contribution in [1.29, 1.82) is 0 Å². The molecular formula is C18H31NO2. The molecule has 120 valence electrons. The average Bonchev–Trinajstić information content (AvgIpc) is 2.45. The average molecular weight is 293 g/mol. The Balaban J connectivity index is 2.51. The summed E-state index contributed by atoms with van der Waals surface area (Å²) in [5, 5.41) is 3.60. The lowest BCUT2D eigenvalue weighted by Crippen LogP contribution is -2.43. The number of rotatable bonds is 8. The summed E-state index contributed by atoms with van der Waals surface area (Å²) in [6, 6.07) is 7.80. The van der Waals surface area contributed by atoms with Crippen molar-refractivity contribution in [3.63, 3.8) is 0 Å². The van der Waals surface area contributed by atoms with E-state index in [1.807, 2.05) is 24.3 Å². The highest BCUT2D eigenvalue weighted by atomic mass is 16.5. The van der Waals surface area contributed by atoms with Crippen molar-refractivity contribution < 1.29 is 9.47 Å². The van der Waals surface area contributed by atoms with E-state index in [9.17, 15) is 0 Å². The van der Waals surface area contributed by atoms with Crippen LogP contribution < -0.4 is 14.8 Å². The fraction of sp³-hybridized carbons (Fsp3) is 0.667. The van der Waals surface area contributed by atoms with Crippen LogP contribution in [-0.2, 0) is 0 Å². The third-order valence-corrected chi connectivity index (χ3v) is 3.93. The van der Waals surface area contributed by atoms with Gasteiger partial charge in [-0.2, -0.15) is 0 Å². The van der Waals surface area contributed by atoms with E-state index in [1.165, 1.54) is 0 Å². The van der Waals surface area contributed by atoms with Gasteiger partial charge in [-0.3, -0.25) is 0 Å². The van der Waals surface area contributed by atoms with Gasteiger partial charge in [0.1, 0.15) is 0 Å². The number of hydrogen-bond acceptors (Lipinski definition) is 3. The van der Waals surface area contributed by atoms with Gasteiger partial charge in [0.25, 0.3) is 0 Å². The monoisotopic (exact) mass is 293 g/mol. The minimum absolute atomic E-state index is 0.153. The number of ether oxygens (including phenoxy) is 2. The molecule has 3 heteroatoms. The van der Waals surface area contributed by atoms with Gasteiger partial charge in [-0.05, 0) is 51.2 Å². The van der Waals surface area contributed by atoms with E-state index in [1.54, 1.807) is 7.11 Å². The number of methoxy groups -OCH3 is 1. The molecule has 0 amide bonds. The zero-order chi connectivity index (χ0) is 15.9. The second kappa shape index (κ2) is 7.69. The van der Waals surface area contributed by atoms with E-state index < -0.39 is 0 Å². The Morgan fingerprint density at radius 1 is 1.05 bits per heavy atom. The smallest absolute Gasteiger partial charge is 0.161 e. The number of hydrogen-bond donors (Lipinski definition) is 1. The molecular weight excluding hydrogens is 262 g/mol. The molecule has 1 atom stereocenters. The summed E-state index contributed by atoms with van der Waals surface area (Å²) in [5.74, 6) is 1.62. The molecule has 0 saturated carbocycles. The Hall–Kier alpha value is -1.22. The molecule has 0 aromatic heterocycles. The van der Waals surface area contributed by atoms with Crippen LogP contribution in [0.15, 0.2) is 24.3 Å². The Bertz CT molecular complexity index is 425. The van der Waals surface area contributed by atoms with Crippen molar-refractivity contribution in [2.75, 3.05) is 20.3 Å². The predicted molar refractivity (Wildman–Crippen MR) is 89.3 cm³/mol. The normalized spacial score (nSPS) is 14.6. The summed E-state index contributed by atoms with van der Waals surface area (Å²) < 4.78 is 11.2. The van der Waals surface area contributed by atoms with E-state index in [0.29, 0.717) is 6.61 Å². The molecule has 1 aromatic carbocycles. The van der Waals surface area contributed by atoms with Crippen LogP contribution in [0.1, 0.15) is 47.5 Å². The molecule has 1 unspecified atom stereocenters. The first-order valence-corrected chi connectivity index (χ1v) is 7.80. The van der Waals surface area contributed by atoms with E-state index in [4.69, 9.17) is 9.47 Å². The molecule has 0 aliphatic heterocycles. The zero-order valence-electron chi connectivity index (χ0n) is 14.5. The fourth-order valence-electron chi connectivity index (χ4n) is 2.01. The lowest BCUT2D eigenvalue weighted by atomic mass is 9.83. The maximum absolute atomic E-state index is 5.90. The summed E-state index contributed by atoms with van der Waals surface area (Å²) >= 11 is 0.